The second-order valence-corrected chi connectivity index (χ2v) is 4.75. The normalized spacial score (nSPS) is 12.3. The third-order valence-electron chi connectivity index (χ3n) is 3.01. The quantitative estimate of drug-likeness (QED) is 0.825. The number of rotatable bonds is 4. The van der Waals surface area contributed by atoms with Gasteiger partial charge in [0.2, 0.25) is 5.95 Å². The Hall–Kier alpha value is -2.53. The van der Waals surface area contributed by atoms with Crippen LogP contribution in [0, 0.1) is 6.92 Å². The molecule has 12 heteroatoms. The number of halogens is 6. The lowest BCUT2D eigenvalue weighted by atomic mass is 10.3. The van der Waals surface area contributed by atoms with Crippen molar-refractivity contribution in [2.75, 3.05) is 17.7 Å². The maximum atomic E-state index is 12.8. The van der Waals surface area contributed by atoms with Crippen LogP contribution in [0.1, 0.15) is 11.3 Å². The molecule has 0 radical (unpaired) electrons. The number of hydrogen-bond donors (Lipinski definition) is 2. The van der Waals surface area contributed by atoms with E-state index in [0.717, 1.165) is 6.20 Å². The van der Waals surface area contributed by atoms with Crippen LogP contribution >= 0.6 is 0 Å². The van der Waals surface area contributed by atoms with Crippen LogP contribution in [0.2, 0.25) is 0 Å². The van der Waals surface area contributed by atoms with Crippen molar-refractivity contribution in [2.45, 2.75) is 25.8 Å². The summed E-state index contributed by atoms with van der Waals surface area (Å²) in [6, 6.07) is 0. The molecule has 0 unspecified atom stereocenters. The van der Waals surface area contributed by atoms with Crippen molar-refractivity contribution in [1.29, 1.82) is 0 Å². The van der Waals surface area contributed by atoms with Gasteiger partial charge in [-0.15, -0.1) is 0 Å². The van der Waals surface area contributed by atoms with Crippen molar-refractivity contribution < 1.29 is 26.3 Å². The second-order valence-electron chi connectivity index (χ2n) is 4.75. The van der Waals surface area contributed by atoms with E-state index in [1.165, 1.54) is 14.0 Å². The van der Waals surface area contributed by atoms with Gasteiger partial charge in [0.25, 0.3) is 0 Å². The number of anilines is 3. The van der Waals surface area contributed by atoms with E-state index in [0.29, 0.717) is 10.9 Å². The summed E-state index contributed by atoms with van der Waals surface area (Å²) >= 11 is 0. The summed E-state index contributed by atoms with van der Waals surface area (Å²) in [5.74, 6) is -0.664. The van der Waals surface area contributed by atoms with Crippen LogP contribution in [-0.2, 0) is 12.7 Å². The summed E-state index contributed by atoms with van der Waals surface area (Å²) in [5, 5.41) is 8.43. The molecule has 0 saturated heterocycles. The first-order valence-electron chi connectivity index (χ1n) is 6.49. The fourth-order valence-corrected chi connectivity index (χ4v) is 1.86. The standard InChI is InChI=1S/C12H12F6N6/c1-6-8(4-21-24(6)5-11(13,14)15)22-10-20-3-7(12(16,17)18)9(19-2)23-10/h3-4H,5H2,1-2H3,(H2,19,20,22,23). The lowest BCUT2D eigenvalue weighted by Crippen LogP contribution is -2.19. The van der Waals surface area contributed by atoms with E-state index in [2.05, 4.69) is 25.7 Å². The van der Waals surface area contributed by atoms with Crippen molar-refractivity contribution in [3.63, 3.8) is 0 Å². The highest BCUT2D eigenvalue weighted by Crippen LogP contribution is 2.34. The minimum atomic E-state index is -4.63. The van der Waals surface area contributed by atoms with Crippen molar-refractivity contribution in [3.8, 4) is 0 Å². The molecule has 0 aliphatic rings. The molecule has 2 heterocycles. The Bertz CT molecular complexity index is 720. The third-order valence-corrected chi connectivity index (χ3v) is 3.01. The zero-order valence-electron chi connectivity index (χ0n) is 12.4. The first-order chi connectivity index (χ1) is 11.0. The first kappa shape index (κ1) is 17.8. The molecule has 24 heavy (non-hydrogen) atoms. The van der Waals surface area contributed by atoms with Gasteiger partial charge in [0, 0.05) is 13.2 Å². The summed E-state index contributed by atoms with van der Waals surface area (Å²) in [5.41, 5.74) is -0.761. The van der Waals surface area contributed by atoms with Crippen LogP contribution in [-0.4, -0.2) is 33.0 Å². The lowest BCUT2D eigenvalue weighted by Gasteiger charge is -2.13. The topological polar surface area (TPSA) is 67.7 Å². The molecular formula is C12H12F6N6. The van der Waals surface area contributed by atoms with Gasteiger partial charge in [0.15, 0.2) is 0 Å². The molecule has 0 aliphatic heterocycles. The van der Waals surface area contributed by atoms with Gasteiger partial charge in [-0.1, -0.05) is 0 Å². The Balaban J connectivity index is 2.26. The maximum absolute atomic E-state index is 12.8. The fourth-order valence-electron chi connectivity index (χ4n) is 1.86. The van der Waals surface area contributed by atoms with Gasteiger partial charge in [0.1, 0.15) is 17.9 Å². The lowest BCUT2D eigenvalue weighted by molar-refractivity contribution is -0.143. The summed E-state index contributed by atoms with van der Waals surface area (Å²) in [6.07, 6.45) is -7.39. The SMILES string of the molecule is CNc1nc(Nc2cnn(CC(F)(F)F)c2C)ncc1C(F)(F)F. The van der Waals surface area contributed by atoms with E-state index >= 15 is 0 Å². The molecule has 6 nitrogen and oxygen atoms in total. The number of nitrogens with zero attached hydrogens (tertiary/aromatic N) is 4. The van der Waals surface area contributed by atoms with Crippen LogP contribution in [0.4, 0.5) is 43.8 Å². The number of hydrogen-bond acceptors (Lipinski definition) is 5. The Morgan fingerprint density at radius 2 is 1.79 bits per heavy atom. The van der Waals surface area contributed by atoms with Crippen molar-refractivity contribution in [1.82, 2.24) is 19.7 Å². The molecule has 0 atom stereocenters. The van der Waals surface area contributed by atoms with E-state index < -0.39 is 30.3 Å². The van der Waals surface area contributed by atoms with Gasteiger partial charge in [-0.2, -0.15) is 36.4 Å². The van der Waals surface area contributed by atoms with Crippen molar-refractivity contribution >= 4 is 17.5 Å². The molecule has 0 saturated carbocycles. The molecule has 0 aliphatic carbocycles. The molecule has 0 fully saturated rings. The number of nitrogens with one attached hydrogen (secondary N) is 2. The highest BCUT2D eigenvalue weighted by atomic mass is 19.4. The average molecular weight is 354 g/mol. The predicted molar refractivity (Wildman–Crippen MR) is 72.9 cm³/mol. The molecule has 0 spiro atoms. The van der Waals surface area contributed by atoms with E-state index in [-0.39, 0.29) is 17.3 Å². The van der Waals surface area contributed by atoms with Crippen molar-refractivity contribution in [2.24, 2.45) is 0 Å². The molecule has 0 aromatic carbocycles. The van der Waals surface area contributed by atoms with Crippen LogP contribution in [0.5, 0.6) is 0 Å². The summed E-state index contributed by atoms with van der Waals surface area (Å²) in [7, 11) is 1.26. The van der Waals surface area contributed by atoms with Gasteiger partial charge in [-0.25, -0.2) is 4.98 Å². The van der Waals surface area contributed by atoms with Gasteiger partial charge in [0.05, 0.1) is 17.6 Å². The van der Waals surface area contributed by atoms with Crippen molar-refractivity contribution in [3.05, 3.63) is 23.7 Å². The van der Waals surface area contributed by atoms with Gasteiger partial charge >= 0.3 is 12.4 Å². The molecule has 2 N–H and O–H groups in total. The summed E-state index contributed by atoms with van der Waals surface area (Å²) in [6.45, 7) is 0.0975. The zero-order valence-corrected chi connectivity index (χ0v) is 12.4. The third kappa shape index (κ3) is 4.06. The van der Waals surface area contributed by atoms with E-state index in [1.54, 1.807) is 0 Å². The molecule has 2 aromatic heterocycles. The zero-order chi connectivity index (χ0) is 18.1. The maximum Gasteiger partial charge on any atom is 0.421 e. The number of aromatic nitrogens is 4. The monoisotopic (exact) mass is 354 g/mol. The number of alkyl halides is 6. The fraction of sp³-hybridized carbons (Fsp3) is 0.417. The molecular weight excluding hydrogens is 342 g/mol. The van der Waals surface area contributed by atoms with Crippen LogP contribution in [0.25, 0.3) is 0 Å². The van der Waals surface area contributed by atoms with E-state index in [9.17, 15) is 26.3 Å². The predicted octanol–water partition coefficient (Wildman–Crippen LogP) is 3.35. The molecule has 0 bridgehead atoms. The second kappa shape index (κ2) is 6.17. The first-order valence-corrected chi connectivity index (χ1v) is 6.49. The molecule has 2 aromatic rings. The Kier molecular flexibility index (Phi) is 4.58. The summed E-state index contributed by atoms with van der Waals surface area (Å²) in [4.78, 5) is 7.20. The van der Waals surface area contributed by atoms with Gasteiger partial charge < -0.3 is 10.6 Å². The van der Waals surface area contributed by atoms with Crippen LogP contribution in [0.15, 0.2) is 12.4 Å². The van der Waals surface area contributed by atoms with Crippen LogP contribution in [0.3, 0.4) is 0 Å². The minimum absolute atomic E-state index is 0.141. The van der Waals surface area contributed by atoms with Crippen LogP contribution < -0.4 is 10.6 Å². The van der Waals surface area contributed by atoms with Gasteiger partial charge in [-0.3, -0.25) is 4.68 Å². The largest absolute Gasteiger partial charge is 0.421 e. The summed E-state index contributed by atoms with van der Waals surface area (Å²) < 4.78 is 76.2. The van der Waals surface area contributed by atoms with E-state index in [1.807, 2.05) is 0 Å². The highest BCUT2D eigenvalue weighted by molar-refractivity contribution is 5.57. The minimum Gasteiger partial charge on any atom is -0.372 e. The molecule has 0 amide bonds. The highest BCUT2D eigenvalue weighted by Gasteiger charge is 2.35. The molecule has 2 rings (SSSR count). The Morgan fingerprint density at radius 1 is 1.12 bits per heavy atom. The Labute approximate surface area is 131 Å². The smallest absolute Gasteiger partial charge is 0.372 e. The Morgan fingerprint density at radius 3 is 2.33 bits per heavy atom. The van der Waals surface area contributed by atoms with E-state index in [4.69, 9.17) is 0 Å². The molecule has 132 valence electrons. The van der Waals surface area contributed by atoms with Gasteiger partial charge in [-0.05, 0) is 6.92 Å². The average Bonchev–Trinajstić information content (AvgIpc) is 2.77.